The number of hydrogen-bond acceptors (Lipinski definition) is 6. The lowest BCUT2D eigenvalue weighted by atomic mass is 9.99. The molecule has 0 bridgehead atoms. The summed E-state index contributed by atoms with van der Waals surface area (Å²) in [7, 11) is 0. The first-order chi connectivity index (χ1) is 18.3. The van der Waals surface area contributed by atoms with Gasteiger partial charge in [0.15, 0.2) is 0 Å². The molecular formula is C29H29FN4O3S. The van der Waals surface area contributed by atoms with Crippen molar-refractivity contribution < 1.29 is 13.6 Å². The Hall–Kier alpha value is -3.82. The summed E-state index contributed by atoms with van der Waals surface area (Å²) in [4.78, 5) is 34.4. The molecule has 0 aliphatic heterocycles. The van der Waals surface area contributed by atoms with Crippen molar-refractivity contribution in [3.05, 3.63) is 98.0 Å². The van der Waals surface area contributed by atoms with Crippen molar-refractivity contribution in [3.8, 4) is 0 Å². The van der Waals surface area contributed by atoms with Crippen molar-refractivity contribution in [1.82, 2.24) is 14.5 Å². The molecule has 0 unspecified atom stereocenters. The van der Waals surface area contributed by atoms with Crippen molar-refractivity contribution in [3.63, 3.8) is 0 Å². The SMILES string of the molecule is Cc1ccc(C(=O)N(CCN)[C@@H](c2nc3c(oc4ccc(F)cc43)c(=O)n2Cc2ccsc2)C(C)C)cc1. The van der Waals surface area contributed by atoms with Gasteiger partial charge in [0.2, 0.25) is 5.58 Å². The molecule has 7 nitrogen and oxygen atoms in total. The summed E-state index contributed by atoms with van der Waals surface area (Å²) >= 11 is 1.53. The highest BCUT2D eigenvalue weighted by Crippen LogP contribution is 2.32. The van der Waals surface area contributed by atoms with Crippen LogP contribution in [0.1, 0.15) is 47.2 Å². The van der Waals surface area contributed by atoms with Crippen molar-refractivity contribution in [2.75, 3.05) is 13.1 Å². The minimum absolute atomic E-state index is 0.0577. The minimum atomic E-state index is -0.582. The van der Waals surface area contributed by atoms with E-state index in [0.29, 0.717) is 22.4 Å². The van der Waals surface area contributed by atoms with E-state index in [9.17, 15) is 14.0 Å². The molecule has 5 aromatic rings. The van der Waals surface area contributed by atoms with Gasteiger partial charge in [0, 0.05) is 24.0 Å². The summed E-state index contributed by atoms with van der Waals surface area (Å²) in [5.41, 5.74) is 8.82. The molecule has 9 heteroatoms. The number of hydrogen-bond donors (Lipinski definition) is 1. The number of halogens is 1. The van der Waals surface area contributed by atoms with Gasteiger partial charge in [-0.05, 0) is 65.6 Å². The van der Waals surface area contributed by atoms with Crippen molar-refractivity contribution in [2.24, 2.45) is 11.7 Å². The van der Waals surface area contributed by atoms with Crippen molar-refractivity contribution in [2.45, 2.75) is 33.4 Å². The van der Waals surface area contributed by atoms with Crippen LogP contribution in [0.15, 0.2) is 68.5 Å². The summed E-state index contributed by atoms with van der Waals surface area (Å²) in [5.74, 6) is -0.368. The molecule has 2 aromatic carbocycles. The predicted octanol–water partition coefficient (Wildman–Crippen LogP) is 5.50. The van der Waals surface area contributed by atoms with Gasteiger partial charge in [-0.3, -0.25) is 14.2 Å². The van der Waals surface area contributed by atoms with Crippen molar-refractivity contribution >= 4 is 39.3 Å². The fourth-order valence-corrected chi connectivity index (χ4v) is 5.48. The Labute approximate surface area is 223 Å². The van der Waals surface area contributed by atoms with Gasteiger partial charge < -0.3 is 15.1 Å². The lowest BCUT2D eigenvalue weighted by molar-refractivity contribution is 0.0612. The number of fused-ring (bicyclic) bond motifs is 3. The van der Waals surface area contributed by atoms with E-state index < -0.39 is 11.9 Å². The molecule has 1 atom stereocenters. The zero-order valence-corrected chi connectivity index (χ0v) is 22.3. The molecular weight excluding hydrogens is 503 g/mol. The maximum atomic E-state index is 14.2. The van der Waals surface area contributed by atoms with Crippen LogP contribution in [-0.4, -0.2) is 33.4 Å². The van der Waals surface area contributed by atoms with E-state index in [-0.39, 0.29) is 48.1 Å². The first-order valence-corrected chi connectivity index (χ1v) is 13.4. The van der Waals surface area contributed by atoms with E-state index >= 15 is 0 Å². The van der Waals surface area contributed by atoms with Gasteiger partial charge >= 0.3 is 0 Å². The Morgan fingerprint density at radius 3 is 2.61 bits per heavy atom. The third-order valence-electron chi connectivity index (χ3n) is 6.65. The average Bonchev–Trinajstić information content (AvgIpc) is 3.53. The third kappa shape index (κ3) is 4.75. The van der Waals surface area contributed by atoms with Crippen molar-refractivity contribution in [1.29, 1.82) is 0 Å². The molecule has 0 radical (unpaired) electrons. The number of rotatable bonds is 8. The molecule has 0 aliphatic carbocycles. The Balaban J connectivity index is 1.76. The molecule has 5 rings (SSSR count). The molecule has 0 spiro atoms. The van der Waals surface area contributed by atoms with E-state index in [1.165, 1.54) is 29.5 Å². The molecule has 3 aromatic heterocycles. The van der Waals surface area contributed by atoms with Crippen LogP contribution in [0, 0.1) is 18.7 Å². The molecule has 0 aliphatic rings. The quantitative estimate of drug-likeness (QED) is 0.285. The largest absolute Gasteiger partial charge is 0.448 e. The van der Waals surface area contributed by atoms with Crippen LogP contribution < -0.4 is 11.3 Å². The number of furan rings is 1. The van der Waals surface area contributed by atoms with Gasteiger partial charge in [0.1, 0.15) is 22.7 Å². The zero-order valence-electron chi connectivity index (χ0n) is 21.5. The van der Waals surface area contributed by atoms with Gasteiger partial charge in [0.25, 0.3) is 11.5 Å². The monoisotopic (exact) mass is 532 g/mol. The second kappa shape index (κ2) is 10.5. The smallest absolute Gasteiger partial charge is 0.297 e. The van der Waals surface area contributed by atoms with E-state index in [4.69, 9.17) is 15.1 Å². The van der Waals surface area contributed by atoms with E-state index in [1.807, 2.05) is 49.7 Å². The molecule has 3 heterocycles. The molecule has 0 saturated carbocycles. The lowest BCUT2D eigenvalue weighted by Crippen LogP contribution is -2.43. The summed E-state index contributed by atoms with van der Waals surface area (Å²) in [6, 6.07) is 12.8. The van der Waals surface area contributed by atoms with Crippen LogP contribution in [-0.2, 0) is 6.54 Å². The summed E-state index contributed by atoms with van der Waals surface area (Å²) in [6.07, 6.45) is 0. The van der Waals surface area contributed by atoms with E-state index in [0.717, 1.165) is 11.1 Å². The molecule has 0 fully saturated rings. The number of nitrogens with zero attached hydrogens (tertiary/aromatic N) is 3. The second-order valence-corrected chi connectivity index (χ2v) is 10.5. The van der Waals surface area contributed by atoms with Gasteiger partial charge in [-0.2, -0.15) is 11.3 Å². The highest BCUT2D eigenvalue weighted by Gasteiger charge is 2.33. The first kappa shape index (κ1) is 25.8. The van der Waals surface area contributed by atoms with Crippen LogP contribution in [0.25, 0.3) is 22.1 Å². The Bertz CT molecular complexity index is 1660. The number of carbonyl (C=O) groups is 1. The Morgan fingerprint density at radius 1 is 1.18 bits per heavy atom. The summed E-state index contributed by atoms with van der Waals surface area (Å²) < 4.78 is 21.6. The summed E-state index contributed by atoms with van der Waals surface area (Å²) in [6.45, 7) is 6.68. The molecule has 1 amide bonds. The second-order valence-electron chi connectivity index (χ2n) is 9.76. The fraction of sp³-hybridized carbons (Fsp3) is 0.276. The zero-order chi connectivity index (χ0) is 27.0. The number of aromatic nitrogens is 2. The number of aryl methyl sites for hydroxylation is 1. The first-order valence-electron chi connectivity index (χ1n) is 12.5. The van der Waals surface area contributed by atoms with Gasteiger partial charge in [-0.15, -0.1) is 0 Å². The van der Waals surface area contributed by atoms with Gasteiger partial charge in [-0.25, -0.2) is 9.37 Å². The maximum absolute atomic E-state index is 14.2. The number of benzene rings is 2. The number of thiophene rings is 1. The predicted molar refractivity (Wildman–Crippen MR) is 148 cm³/mol. The van der Waals surface area contributed by atoms with Crippen LogP contribution in [0.3, 0.4) is 0 Å². The topological polar surface area (TPSA) is 94.4 Å². The molecule has 38 heavy (non-hydrogen) atoms. The lowest BCUT2D eigenvalue weighted by Gasteiger charge is -2.35. The molecule has 196 valence electrons. The van der Waals surface area contributed by atoms with Crippen LogP contribution in [0.4, 0.5) is 4.39 Å². The Morgan fingerprint density at radius 2 is 1.95 bits per heavy atom. The Kier molecular flexibility index (Phi) is 7.14. The third-order valence-corrected chi connectivity index (χ3v) is 7.38. The number of carbonyl (C=O) groups excluding carboxylic acids is 1. The van der Waals surface area contributed by atoms with Crippen LogP contribution in [0.2, 0.25) is 0 Å². The van der Waals surface area contributed by atoms with E-state index in [2.05, 4.69) is 0 Å². The molecule has 2 N–H and O–H groups in total. The normalized spacial score (nSPS) is 12.5. The highest BCUT2D eigenvalue weighted by molar-refractivity contribution is 7.07. The summed E-state index contributed by atoms with van der Waals surface area (Å²) in [5, 5.41) is 4.32. The van der Waals surface area contributed by atoms with E-state index in [1.54, 1.807) is 21.6 Å². The standard InChI is InChI=1S/C29H29FN4O3S/c1-17(2)25(33(12-11-31)28(35)20-6-4-18(3)5-7-20)27-32-24-22-14-21(30)8-9-23(22)37-26(24)29(36)34(27)15-19-10-13-38-16-19/h4-10,13-14,16-17,25H,11-12,15,31H2,1-3H3/t25-/m1/s1. The average molecular weight is 533 g/mol. The fourth-order valence-electron chi connectivity index (χ4n) is 4.82. The minimum Gasteiger partial charge on any atom is -0.448 e. The maximum Gasteiger partial charge on any atom is 0.297 e. The van der Waals surface area contributed by atoms with Crippen LogP contribution >= 0.6 is 11.3 Å². The van der Waals surface area contributed by atoms with Crippen LogP contribution in [0.5, 0.6) is 0 Å². The number of nitrogens with two attached hydrogens (primary N) is 1. The van der Waals surface area contributed by atoms with Gasteiger partial charge in [-0.1, -0.05) is 31.5 Å². The van der Waals surface area contributed by atoms with Gasteiger partial charge in [0.05, 0.1) is 12.6 Å². The molecule has 0 saturated heterocycles. The highest BCUT2D eigenvalue weighted by atomic mass is 32.1. The number of amides is 1.